The van der Waals surface area contributed by atoms with E-state index < -0.39 is 40.5 Å². The minimum Gasteiger partial charge on any atom is -0.748 e. The van der Waals surface area contributed by atoms with Gasteiger partial charge in [-0.2, -0.15) is 0 Å². The Balaban J connectivity index is -0.0000000702. The van der Waals surface area contributed by atoms with Crippen molar-refractivity contribution in [2.24, 2.45) is 0 Å². The summed E-state index contributed by atoms with van der Waals surface area (Å²) in [4.78, 5) is 0. The summed E-state index contributed by atoms with van der Waals surface area (Å²) in [7, 11) is -15.6. The molecule has 17 heteroatoms. The molecule has 0 rings (SSSR count). The Morgan fingerprint density at radius 1 is 0.440 bits per heavy atom. The number of hydrogen-bond donors (Lipinski definition) is 0. The van der Waals surface area contributed by atoms with Gasteiger partial charge in [0.05, 0.1) is 40.5 Å². The Morgan fingerprint density at radius 2 is 0.480 bits per heavy atom. The zero-order valence-corrected chi connectivity index (χ0v) is 20.0. The molecule has 0 aromatic rings. The van der Waals surface area contributed by atoms with Crippen LogP contribution < -0.4 is 0 Å². The summed E-state index contributed by atoms with van der Waals surface area (Å²) >= 11 is 0. The standard InChI is InChI=1S/4C2H6O3S.W/c4*1-2-6(3,4)5;/h4*2H2,1H3,(H,3,4,5);/q;;;;+4/p-4. The predicted octanol–water partition coefficient (Wildman–Crippen LogP) is -1.80. The second-order valence-corrected chi connectivity index (χ2v) is 10.2. The summed E-state index contributed by atoms with van der Waals surface area (Å²) in [5, 5.41) is 0. The molecule has 0 saturated heterocycles. The third-order valence-corrected chi connectivity index (χ3v) is 4.24. The first-order chi connectivity index (χ1) is 10.2. The zero-order chi connectivity index (χ0) is 20.8. The van der Waals surface area contributed by atoms with E-state index in [9.17, 15) is 51.9 Å². The largest absolute Gasteiger partial charge is 4.00 e. The first-order valence-corrected chi connectivity index (χ1v) is 12.3. The molecule has 0 bridgehead atoms. The summed E-state index contributed by atoms with van der Waals surface area (Å²) < 4.78 is 113. The van der Waals surface area contributed by atoms with Crippen molar-refractivity contribution in [1.82, 2.24) is 0 Å². The van der Waals surface area contributed by atoms with Crippen LogP contribution in [0.15, 0.2) is 0 Å². The van der Waals surface area contributed by atoms with Crippen LogP contribution in [0.1, 0.15) is 27.7 Å². The fourth-order valence-electron chi connectivity index (χ4n) is 0. The van der Waals surface area contributed by atoms with E-state index in [4.69, 9.17) is 0 Å². The molecule has 0 aromatic carbocycles. The molecule has 0 aliphatic carbocycles. The van der Waals surface area contributed by atoms with Crippen molar-refractivity contribution < 1.29 is 72.9 Å². The van der Waals surface area contributed by atoms with Gasteiger partial charge in [0.25, 0.3) is 0 Å². The van der Waals surface area contributed by atoms with Crippen LogP contribution in [0.4, 0.5) is 0 Å². The number of rotatable bonds is 4. The van der Waals surface area contributed by atoms with Gasteiger partial charge >= 0.3 is 21.1 Å². The average Bonchev–Trinajstić information content (AvgIpc) is 2.37. The number of hydrogen-bond acceptors (Lipinski definition) is 12. The van der Waals surface area contributed by atoms with Gasteiger partial charge in [-0.1, -0.05) is 27.7 Å². The third kappa shape index (κ3) is 79.8. The summed E-state index contributed by atoms with van der Waals surface area (Å²) in [6, 6.07) is 0. The van der Waals surface area contributed by atoms with Crippen LogP contribution in [0.2, 0.25) is 0 Å². The molecule has 0 unspecified atom stereocenters. The van der Waals surface area contributed by atoms with Crippen molar-refractivity contribution in [3.05, 3.63) is 0 Å². The van der Waals surface area contributed by atoms with Crippen molar-refractivity contribution in [2.45, 2.75) is 27.7 Å². The van der Waals surface area contributed by atoms with Gasteiger partial charge in [-0.05, 0) is 0 Å². The van der Waals surface area contributed by atoms with E-state index in [0.717, 1.165) is 0 Å². The van der Waals surface area contributed by atoms with Crippen molar-refractivity contribution in [1.29, 1.82) is 0 Å². The molecule has 0 N–H and O–H groups in total. The molecule has 0 amide bonds. The topological polar surface area (TPSA) is 229 Å². The van der Waals surface area contributed by atoms with Gasteiger partial charge in [0, 0.05) is 23.0 Å². The van der Waals surface area contributed by atoms with Crippen LogP contribution in [0.25, 0.3) is 0 Å². The average molecular weight is 620 g/mol. The Morgan fingerprint density at radius 3 is 0.480 bits per heavy atom. The van der Waals surface area contributed by atoms with Crippen LogP contribution in [-0.2, 0) is 61.5 Å². The molecule has 154 valence electrons. The molecule has 0 aliphatic rings. The van der Waals surface area contributed by atoms with Gasteiger partial charge in [-0.3, -0.25) is 0 Å². The van der Waals surface area contributed by atoms with E-state index >= 15 is 0 Å². The second-order valence-electron chi connectivity index (χ2n) is 3.39. The molecule has 0 fully saturated rings. The van der Waals surface area contributed by atoms with Crippen LogP contribution in [0.5, 0.6) is 0 Å². The van der Waals surface area contributed by atoms with E-state index in [2.05, 4.69) is 0 Å². The first kappa shape index (κ1) is 36.3. The fraction of sp³-hybridized carbons (Fsp3) is 1.00. The van der Waals surface area contributed by atoms with Crippen LogP contribution in [-0.4, -0.2) is 74.9 Å². The van der Waals surface area contributed by atoms with E-state index in [-0.39, 0.29) is 44.1 Å². The first-order valence-electron chi connectivity index (χ1n) is 5.98. The molecule has 0 atom stereocenters. The second kappa shape index (κ2) is 16.5. The quantitative estimate of drug-likeness (QED) is 0.317. The minimum atomic E-state index is -3.91. The molecule has 0 aliphatic heterocycles. The van der Waals surface area contributed by atoms with E-state index in [0.29, 0.717) is 0 Å². The minimum absolute atomic E-state index is 0. The summed E-state index contributed by atoms with van der Waals surface area (Å²) in [6.07, 6.45) is 0. The van der Waals surface area contributed by atoms with Crippen molar-refractivity contribution in [3.8, 4) is 0 Å². The maximum absolute atomic E-state index is 9.44. The molecule has 0 radical (unpaired) electrons. The zero-order valence-electron chi connectivity index (χ0n) is 13.8. The molecule has 0 heterocycles. The van der Waals surface area contributed by atoms with Crippen molar-refractivity contribution in [3.63, 3.8) is 0 Å². The Kier molecular flexibility index (Phi) is 23.9. The van der Waals surface area contributed by atoms with Crippen LogP contribution in [0.3, 0.4) is 0 Å². The van der Waals surface area contributed by atoms with Gasteiger partial charge < -0.3 is 18.2 Å². The van der Waals surface area contributed by atoms with Gasteiger partial charge in [0.1, 0.15) is 0 Å². The molecule has 25 heavy (non-hydrogen) atoms. The van der Waals surface area contributed by atoms with Gasteiger partial charge in [0.2, 0.25) is 0 Å². The normalized spacial score (nSPS) is 11.2. The summed E-state index contributed by atoms with van der Waals surface area (Å²) in [5.74, 6) is -1.25. The van der Waals surface area contributed by atoms with Crippen LogP contribution in [0, 0.1) is 0 Å². The molecule has 12 nitrogen and oxygen atoms in total. The summed E-state index contributed by atoms with van der Waals surface area (Å²) in [5.41, 5.74) is 0. The van der Waals surface area contributed by atoms with E-state index in [1.54, 1.807) is 0 Å². The maximum atomic E-state index is 9.44. The molecular weight excluding hydrogens is 600 g/mol. The van der Waals surface area contributed by atoms with Gasteiger partial charge in [0.15, 0.2) is 0 Å². The van der Waals surface area contributed by atoms with Gasteiger partial charge in [-0.15, -0.1) is 0 Å². The van der Waals surface area contributed by atoms with Crippen molar-refractivity contribution in [2.75, 3.05) is 23.0 Å². The Hall–Kier alpha value is 0.328. The smallest absolute Gasteiger partial charge is 0.748 e. The molecule has 0 spiro atoms. The Bertz CT molecular complexity index is 577. The van der Waals surface area contributed by atoms with E-state index in [1.165, 1.54) is 27.7 Å². The van der Waals surface area contributed by atoms with Crippen LogP contribution >= 0.6 is 0 Å². The predicted molar refractivity (Wildman–Crippen MR) is 81.0 cm³/mol. The molecule has 0 aromatic heterocycles. The molecular formula is C8H20O12S4W. The van der Waals surface area contributed by atoms with Crippen molar-refractivity contribution >= 4 is 40.5 Å². The SMILES string of the molecule is CCS(=O)(=O)[O-].CCS(=O)(=O)[O-].CCS(=O)(=O)[O-].CCS(=O)(=O)[O-].[W+4]. The third-order valence-electron chi connectivity index (χ3n) is 1.41. The van der Waals surface area contributed by atoms with E-state index in [1.807, 2.05) is 0 Å². The fourth-order valence-corrected chi connectivity index (χ4v) is 0. The Labute approximate surface area is 163 Å². The monoisotopic (exact) mass is 620 g/mol. The molecule has 0 saturated carbocycles. The maximum Gasteiger partial charge on any atom is 4.00 e. The summed E-state index contributed by atoms with van der Waals surface area (Å²) in [6.45, 7) is 5.23. The van der Waals surface area contributed by atoms with Gasteiger partial charge in [-0.25, -0.2) is 33.7 Å².